The van der Waals surface area contributed by atoms with Gasteiger partial charge in [-0.15, -0.1) is 10.2 Å². The van der Waals surface area contributed by atoms with Gasteiger partial charge < -0.3 is 9.73 Å². The highest BCUT2D eigenvalue weighted by molar-refractivity contribution is 7.99. The van der Waals surface area contributed by atoms with E-state index >= 15 is 0 Å². The molecular weight excluding hydrogens is 396 g/mol. The zero-order valence-corrected chi connectivity index (χ0v) is 17.2. The van der Waals surface area contributed by atoms with Gasteiger partial charge in [0.15, 0.2) is 0 Å². The normalized spacial score (nSPS) is 14.6. The molecule has 1 fully saturated rings. The van der Waals surface area contributed by atoms with Gasteiger partial charge in [0, 0.05) is 17.0 Å². The SMILES string of the molecule is CC(Sc1cc(C(=O)NC2CC2)c2ccccc2n1)c1nnc(-c2ccccc2)o1. The highest BCUT2D eigenvalue weighted by atomic mass is 32.2. The molecule has 2 aromatic carbocycles. The Hall–Kier alpha value is -3.19. The maximum atomic E-state index is 12.8. The Labute approximate surface area is 178 Å². The predicted octanol–water partition coefficient (Wildman–Crippen LogP) is 5.03. The van der Waals surface area contributed by atoms with Crippen LogP contribution in [0.15, 0.2) is 70.1 Å². The summed E-state index contributed by atoms with van der Waals surface area (Å²) in [6.45, 7) is 1.99. The summed E-state index contributed by atoms with van der Waals surface area (Å²) in [6.07, 6.45) is 2.10. The van der Waals surface area contributed by atoms with Crippen molar-refractivity contribution in [2.75, 3.05) is 0 Å². The fourth-order valence-corrected chi connectivity index (χ4v) is 4.11. The number of pyridine rings is 1. The third kappa shape index (κ3) is 3.93. The number of aromatic nitrogens is 3. The molecule has 0 spiro atoms. The van der Waals surface area contributed by atoms with E-state index in [-0.39, 0.29) is 11.2 Å². The van der Waals surface area contributed by atoms with Gasteiger partial charge in [-0.05, 0) is 44.0 Å². The van der Waals surface area contributed by atoms with Crippen molar-refractivity contribution in [1.29, 1.82) is 0 Å². The minimum atomic E-state index is -0.108. The molecule has 1 aliphatic rings. The summed E-state index contributed by atoms with van der Waals surface area (Å²) in [4.78, 5) is 17.5. The fourth-order valence-electron chi connectivity index (χ4n) is 3.22. The molecule has 4 aromatic rings. The Bertz CT molecular complexity index is 1200. The lowest BCUT2D eigenvalue weighted by Gasteiger charge is -2.11. The topological polar surface area (TPSA) is 80.9 Å². The van der Waals surface area contributed by atoms with Crippen LogP contribution >= 0.6 is 11.8 Å². The van der Waals surface area contributed by atoms with Crippen LogP contribution in [0.4, 0.5) is 0 Å². The van der Waals surface area contributed by atoms with Gasteiger partial charge in [0.2, 0.25) is 11.8 Å². The molecule has 1 unspecified atom stereocenters. The molecule has 1 atom stereocenters. The van der Waals surface area contributed by atoms with Gasteiger partial charge >= 0.3 is 0 Å². The quantitative estimate of drug-likeness (QED) is 0.444. The van der Waals surface area contributed by atoms with Gasteiger partial charge in [-0.1, -0.05) is 48.2 Å². The lowest BCUT2D eigenvalue weighted by Crippen LogP contribution is -2.25. The van der Waals surface area contributed by atoms with Crippen molar-refractivity contribution in [2.45, 2.75) is 36.1 Å². The van der Waals surface area contributed by atoms with Crippen LogP contribution < -0.4 is 5.32 Å². The van der Waals surface area contributed by atoms with E-state index in [0.29, 0.717) is 23.4 Å². The smallest absolute Gasteiger partial charge is 0.252 e. The van der Waals surface area contributed by atoms with Crippen molar-refractivity contribution in [3.8, 4) is 11.5 Å². The van der Waals surface area contributed by atoms with Crippen LogP contribution in [0.1, 0.15) is 41.3 Å². The highest BCUT2D eigenvalue weighted by Crippen LogP contribution is 2.36. The van der Waals surface area contributed by atoms with Crippen LogP contribution in [0, 0.1) is 0 Å². The lowest BCUT2D eigenvalue weighted by atomic mass is 10.1. The number of thioether (sulfide) groups is 1. The summed E-state index contributed by atoms with van der Waals surface area (Å²) < 4.78 is 5.88. The van der Waals surface area contributed by atoms with Crippen molar-refractivity contribution in [2.24, 2.45) is 0 Å². The van der Waals surface area contributed by atoms with Gasteiger partial charge in [-0.3, -0.25) is 4.79 Å². The van der Waals surface area contributed by atoms with E-state index in [9.17, 15) is 4.79 Å². The molecule has 0 bridgehead atoms. The second-order valence-corrected chi connectivity index (χ2v) is 8.71. The van der Waals surface area contributed by atoms with Gasteiger partial charge in [0.1, 0.15) is 0 Å². The molecule has 5 rings (SSSR count). The van der Waals surface area contributed by atoms with Crippen molar-refractivity contribution < 1.29 is 9.21 Å². The van der Waals surface area contributed by atoms with Gasteiger partial charge in [-0.2, -0.15) is 0 Å². The van der Waals surface area contributed by atoms with Crippen LogP contribution in [-0.2, 0) is 0 Å². The summed E-state index contributed by atoms with van der Waals surface area (Å²) in [6, 6.07) is 19.6. The fraction of sp³-hybridized carbons (Fsp3) is 0.217. The van der Waals surface area contributed by atoms with Crippen molar-refractivity contribution >= 4 is 28.6 Å². The molecule has 0 aliphatic heterocycles. The Morgan fingerprint density at radius 1 is 1.10 bits per heavy atom. The first-order valence-corrected chi connectivity index (χ1v) is 10.8. The number of benzene rings is 2. The van der Waals surface area contributed by atoms with Crippen LogP contribution in [-0.4, -0.2) is 27.1 Å². The second kappa shape index (κ2) is 7.91. The Kier molecular flexibility index (Phi) is 4.96. The minimum absolute atomic E-state index is 0.0465. The zero-order chi connectivity index (χ0) is 20.5. The molecule has 1 amide bonds. The Morgan fingerprint density at radius 3 is 2.67 bits per heavy atom. The Morgan fingerprint density at radius 2 is 1.87 bits per heavy atom. The molecule has 2 aromatic heterocycles. The predicted molar refractivity (Wildman–Crippen MR) is 116 cm³/mol. The van der Waals surface area contributed by atoms with E-state index in [4.69, 9.17) is 9.40 Å². The van der Waals surface area contributed by atoms with Crippen molar-refractivity contribution in [3.05, 3.63) is 72.1 Å². The maximum Gasteiger partial charge on any atom is 0.252 e. The van der Waals surface area contributed by atoms with Crippen LogP contribution in [0.3, 0.4) is 0 Å². The minimum Gasteiger partial charge on any atom is -0.419 e. The van der Waals surface area contributed by atoms with E-state index in [1.165, 1.54) is 11.8 Å². The maximum absolute atomic E-state index is 12.8. The zero-order valence-electron chi connectivity index (χ0n) is 16.4. The molecule has 1 aliphatic carbocycles. The molecule has 30 heavy (non-hydrogen) atoms. The van der Waals surface area contributed by atoms with E-state index < -0.39 is 0 Å². The third-order valence-corrected chi connectivity index (χ3v) is 5.96. The third-order valence-electron chi connectivity index (χ3n) is 4.96. The van der Waals surface area contributed by atoms with Gasteiger partial charge in [0.05, 0.1) is 21.4 Å². The first kappa shape index (κ1) is 18.8. The summed E-state index contributed by atoms with van der Waals surface area (Å²) in [5.74, 6) is 0.974. The lowest BCUT2D eigenvalue weighted by molar-refractivity contribution is 0.0952. The largest absolute Gasteiger partial charge is 0.419 e. The average Bonchev–Trinajstić information content (AvgIpc) is 3.44. The van der Waals surface area contributed by atoms with Crippen LogP contribution in [0.2, 0.25) is 0 Å². The van der Waals surface area contributed by atoms with Crippen molar-refractivity contribution in [1.82, 2.24) is 20.5 Å². The molecule has 1 N–H and O–H groups in total. The second-order valence-electron chi connectivity index (χ2n) is 7.34. The first-order chi connectivity index (χ1) is 14.7. The molecule has 2 heterocycles. The summed E-state index contributed by atoms with van der Waals surface area (Å²) in [7, 11) is 0. The van der Waals surface area contributed by atoms with Gasteiger partial charge in [0.25, 0.3) is 5.91 Å². The summed E-state index contributed by atoms with van der Waals surface area (Å²) in [5.41, 5.74) is 2.33. The van der Waals surface area contributed by atoms with E-state index in [0.717, 1.165) is 34.3 Å². The number of hydrogen-bond donors (Lipinski definition) is 1. The number of para-hydroxylation sites is 1. The number of hydrogen-bond acceptors (Lipinski definition) is 6. The Balaban J connectivity index is 1.42. The molecule has 0 radical (unpaired) electrons. The van der Waals surface area contributed by atoms with Crippen molar-refractivity contribution in [3.63, 3.8) is 0 Å². The summed E-state index contributed by atoms with van der Waals surface area (Å²) in [5, 5.41) is 13.0. The molecule has 1 saturated carbocycles. The van der Waals surface area contributed by atoms with E-state index in [1.54, 1.807) is 0 Å². The molecule has 7 heteroatoms. The number of nitrogens with one attached hydrogen (secondary N) is 1. The van der Waals surface area contributed by atoms with Crippen LogP contribution in [0.25, 0.3) is 22.4 Å². The summed E-state index contributed by atoms with van der Waals surface area (Å²) >= 11 is 1.50. The standard InChI is InChI=1S/C23H20N4O2S/c1-14(22-26-27-23(29-22)15-7-3-2-4-8-15)30-20-13-18(21(28)24-16-11-12-16)17-9-5-6-10-19(17)25-20/h2-10,13-14,16H,11-12H2,1H3,(H,24,28). The molecule has 6 nitrogen and oxygen atoms in total. The average molecular weight is 417 g/mol. The monoisotopic (exact) mass is 416 g/mol. The van der Waals surface area contributed by atoms with E-state index in [2.05, 4.69) is 15.5 Å². The number of fused-ring (bicyclic) bond motifs is 1. The number of carbonyl (C=O) groups excluding carboxylic acids is 1. The number of nitrogens with zero attached hydrogens (tertiary/aromatic N) is 3. The molecule has 150 valence electrons. The molecule has 0 saturated heterocycles. The van der Waals surface area contributed by atoms with E-state index in [1.807, 2.05) is 67.6 Å². The van der Waals surface area contributed by atoms with Crippen LogP contribution in [0.5, 0.6) is 0 Å². The number of rotatable bonds is 6. The number of amides is 1. The first-order valence-electron chi connectivity index (χ1n) is 9.93. The molecular formula is C23H20N4O2S. The highest BCUT2D eigenvalue weighted by Gasteiger charge is 2.25. The van der Waals surface area contributed by atoms with Gasteiger partial charge in [-0.25, -0.2) is 4.98 Å². The number of carbonyl (C=O) groups is 1.